The third-order valence-electron chi connectivity index (χ3n) is 4.82. The molecule has 3 saturated heterocycles. The van der Waals surface area contributed by atoms with E-state index in [-0.39, 0.29) is 30.1 Å². The van der Waals surface area contributed by atoms with Gasteiger partial charge in [0.05, 0.1) is 12.0 Å². The summed E-state index contributed by atoms with van der Waals surface area (Å²) in [7, 11) is 1.67. The van der Waals surface area contributed by atoms with Gasteiger partial charge in [-0.2, -0.15) is 0 Å². The Morgan fingerprint density at radius 1 is 1.26 bits per heavy atom. The number of methoxy groups -OCH3 is 1. The van der Waals surface area contributed by atoms with E-state index in [0.717, 1.165) is 19.3 Å². The lowest BCUT2D eigenvalue weighted by Crippen LogP contribution is -2.46. The first-order valence-corrected chi connectivity index (χ1v) is 6.94. The molecule has 6 heteroatoms. The molecule has 0 aromatic rings. The molecule has 0 aromatic heterocycles. The van der Waals surface area contributed by atoms with Crippen LogP contribution in [0.1, 0.15) is 25.7 Å². The quantitative estimate of drug-likeness (QED) is 0.803. The third-order valence-corrected chi connectivity index (χ3v) is 4.82. The summed E-state index contributed by atoms with van der Waals surface area (Å²) in [5.41, 5.74) is 0. The Kier molecular flexibility index (Phi) is 3.12. The Balaban J connectivity index is 1.70. The zero-order valence-corrected chi connectivity index (χ0v) is 11.1. The molecule has 1 N–H and O–H groups in total. The smallest absolute Gasteiger partial charge is 0.320 e. The van der Waals surface area contributed by atoms with E-state index >= 15 is 0 Å². The van der Waals surface area contributed by atoms with Crippen LogP contribution in [0, 0.1) is 5.92 Å². The van der Waals surface area contributed by atoms with Crippen molar-refractivity contribution in [2.75, 3.05) is 20.2 Å². The molecule has 19 heavy (non-hydrogen) atoms. The summed E-state index contributed by atoms with van der Waals surface area (Å²) < 4.78 is 5.28. The number of nitrogens with zero attached hydrogens (tertiary/aromatic N) is 2. The molecule has 3 heterocycles. The molecule has 2 bridgehead atoms. The number of rotatable bonds is 2. The molecule has 3 fully saturated rings. The van der Waals surface area contributed by atoms with Crippen LogP contribution in [-0.2, 0) is 9.53 Å². The number of carbonyl (C=O) groups excluding carboxylic acids is 1. The summed E-state index contributed by atoms with van der Waals surface area (Å²) in [6.07, 6.45) is 3.39. The van der Waals surface area contributed by atoms with Crippen molar-refractivity contribution in [3.63, 3.8) is 0 Å². The van der Waals surface area contributed by atoms with Crippen LogP contribution in [0.4, 0.5) is 4.79 Å². The van der Waals surface area contributed by atoms with E-state index in [1.54, 1.807) is 7.11 Å². The predicted molar refractivity (Wildman–Crippen MR) is 66.8 cm³/mol. The van der Waals surface area contributed by atoms with E-state index in [9.17, 15) is 14.7 Å². The largest absolute Gasteiger partial charge is 0.481 e. The first-order chi connectivity index (χ1) is 9.11. The minimum atomic E-state index is -0.763. The van der Waals surface area contributed by atoms with Crippen molar-refractivity contribution < 1.29 is 19.4 Å². The van der Waals surface area contributed by atoms with Gasteiger partial charge in [0.2, 0.25) is 0 Å². The zero-order valence-electron chi connectivity index (χ0n) is 11.1. The van der Waals surface area contributed by atoms with Gasteiger partial charge in [-0.3, -0.25) is 4.79 Å². The van der Waals surface area contributed by atoms with Crippen LogP contribution >= 0.6 is 0 Å². The number of likely N-dealkylation sites (tertiary alicyclic amines) is 1. The van der Waals surface area contributed by atoms with Crippen LogP contribution in [0.2, 0.25) is 0 Å². The lowest BCUT2D eigenvalue weighted by molar-refractivity contribution is -0.142. The third kappa shape index (κ3) is 1.98. The minimum Gasteiger partial charge on any atom is -0.481 e. The van der Waals surface area contributed by atoms with Crippen molar-refractivity contribution in [2.45, 2.75) is 43.9 Å². The number of carbonyl (C=O) groups is 2. The molecule has 4 unspecified atom stereocenters. The number of carboxylic acid groups (broad SMARTS) is 1. The number of hydrogen-bond donors (Lipinski definition) is 1. The topological polar surface area (TPSA) is 70.1 Å². The van der Waals surface area contributed by atoms with Crippen LogP contribution < -0.4 is 0 Å². The van der Waals surface area contributed by atoms with Crippen LogP contribution in [0.5, 0.6) is 0 Å². The van der Waals surface area contributed by atoms with Gasteiger partial charge in [-0.1, -0.05) is 0 Å². The van der Waals surface area contributed by atoms with Gasteiger partial charge in [0, 0.05) is 32.3 Å². The molecule has 4 atom stereocenters. The highest BCUT2D eigenvalue weighted by Crippen LogP contribution is 2.42. The molecule has 2 amide bonds. The van der Waals surface area contributed by atoms with Gasteiger partial charge in [0.25, 0.3) is 0 Å². The molecule has 0 aliphatic carbocycles. The van der Waals surface area contributed by atoms with E-state index in [4.69, 9.17) is 4.74 Å². The Morgan fingerprint density at radius 2 is 2.05 bits per heavy atom. The number of fused-ring (bicyclic) bond motifs is 2. The second-order valence-electron chi connectivity index (χ2n) is 5.76. The molecular weight excluding hydrogens is 248 g/mol. The zero-order chi connectivity index (χ0) is 13.6. The fourth-order valence-corrected chi connectivity index (χ4v) is 3.81. The normalized spacial score (nSPS) is 37.1. The number of amides is 2. The first-order valence-electron chi connectivity index (χ1n) is 6.94. The van der Waals surface area contributed by atoms with Crippen molar-refractivity contribution >= 4 is 12.0 Å². The van der Waals surface area contributed by atoms with Crippen molar-refractivity contribution in [1.82, 2.24) is 9.80 Å². The van der Waals surface area contributed by atoms with Gasteiger partial charge in [-0.25, -0.2) is 4.79 Å². The van der Waals surface area contributed by atoms with Gasteiger partial charge in [-0.05, 0) is 25.7 Å². The number of aliphatic carboxylic acids is 1. The van der Waals surface area contributed by atoms with Gasteiger partial charge in [-0.15, -0.1) is 0 Å². The molecular formula is C13H20N2O4. The molecule has 0 spiro atoms. The summed E-state index contributed by atoms with van der Waals surface area (Å²) in [5, 5.41) is 9.21. The molecule has 0 saturated carbocycles. The van der Waals surface area contributed by atoms with E-state index < -0.39 is 5.97 Å². The maximum Gasteiger partial charge on any atom is 0.320 e. The van der Waals surface area contributed by atoms with E-state index in [1.165, 1.54) is 0 Å². The second kappa shape index (κ2) is 4.67. The molecule has 0 aromatic carbocycles. The van der Waals surface area contributed by atoms with Crippen molar-refractivity contribution in [2.24, 2.45) is 5.92 Å². The maximum absolute atomic E-state index is 12.5. The summed E-state index contributed by atoms with van der Waals surface area (Å²) in [4.78, 5) is 27.4. The fourth-order valence-electron chi connectivity index (χ4n) is 3.81. The molecule has 106 valence electrons. The van der Waals surface area contributed by atoms with Crippen LogP contribution in [0.3, 0.4) is 0 Å². The Morgan fingerprint density at radius 3 is 2.63 bits per heavy atom. The average molecular weight is 268 g/mol. The molecule has 0 radical (unpaired) electrons. The number of hydrogen-bond acceptors (Lipinski definition) is 3. The Labute approximate surface area is 112 Å². The Bertz CT molecular complexity index is 400. The van der Waals surface area contributed by atoms with Crippen molar-refractivity contribution in [3.8, 4) is 0 Å². The summed E-state index contributed by atoms with van der Waals surface area (Å²) >= 11 is 0. The van der Waals surface area contributed by atoms with E-state index in [1.807, 2.05) is 9.80 Å². The van der Waals surface area contributed by atoms with Gasteiger partial charge < -0.3 is 19.6 Å². The fraction of sp³-hybridized carbons (Fsp3) is 0.846. The monoisotopic (exact) mass is 268 g/mol. The standard InChI is InChI=1S/C13H20N2O4/c1-19-9-4-5-14(7-9)13(18)15-8-2-3-11(15)10(6-8)12(16)17/h8-11H,2-7H2,1H3,(H,16,17). The molecule has 3 rings (SSSR count). The predicted octanol–water partition coefficient (Wildman–Crippen LogP) is 0.765. The van der Waals surface area contributed by atoms with Gasteiger partial charge >= 0.3 is 12.0 Å². The average Bonchev–Trinajstić information content (AvgIpc) is 3.11. The first kappa shape index (κ1) is 12.7. The molecule has 6 nitrogen and oxygen atoms in total. The lowest BCUT2D eigenvalue weighted by atomic mass is 9.89. The summed E-state index contributed by atoms with van der Waals surface area (Å²) in [5.74, 6) is -1.13. The molecule has 3 aliphatic rings. The summed E-state index contributed by atoms with van der Waals surface area (Å²) in [6, 6.07) is 0.0348. The van der Waals surface area contributed by atoms with E-state index in [0.29, 0.717) is 19.5 Å². The number of carboxylic acids is 1. The number of ether oxygens (including phenoxy) is 1. The van der Waals surface area contributed by atoms with E-state index in [2.05, 4.69) is 0 Å². The minimum absolute atomic E-state index is 0.0100. The highest BCUT2D eigenvalue weighted by molar-refractivity contribution is 5.79. The maximum atomic E-state index is 12.5. The van der Waals surface area contributed by atoms with Crippen molar-refractivity contribution in [1.29, 1.82) is 0 Å². The Hall–Kier alpha value is -1.30. The van der Waals surface area contributed by atoms with Crippen molar-refractivity contribution in [3.05, 3.63) is 0 Å². The van der Waals surface area contributed by atoms with Crippen LogP contribution in [0.15, 0.2) is 0 Å². The second-order valence-corrected chi connectivity index (χ2v) is 5.76. The summed E-state index contributed by atoms with van der Waals surface area (Å²) in [6.45, 7) is 1.34. The SMILES string of the molecule is COC1CCN(C(=O)N2C3CCC2C(C(=O)O)C3)C1. The highest BCUT2D eigenvalue weighted by atomic mass is 16.5. The van der Waals surface area contributed by atoms with Gasteiger partial charge in [0.15, 0.2) is 0 Å². The van der Waals surface area contributed by atoms with Crippen LogP contribution in [-0.4, -0.2) is 65.3 Å². The van der Waals surface area contributed by atoms with Crippen LogP contribution in [0.25, 0.3) is 0 Å². The number of urea groups is 1. The highest BCUT2D eigenvalue weighted by Gasteiger charge is 2.52. The molecule has 3 aliphatic heterocycles. The lowest BCUT2D eigenvalue weighted by Gasteiger charge is -2.28. The van der Waals surface area contributed by atoms with Gasteiger partial charge in [0.1, 0.15) is 0 Å².